The molecule has 1 rings (SSSR count). The van der Waals surface area contributed by atoms with E-state index >= 15 is 0 Å². The summed E-state index contributed by atoms with van der Waals surface area (Å²) in [4.78, 5) is 0. The second-order valence-corrected chi connectivity index (χ2v) is 4.20. The number of hydrogen-bond donors (Lipinski definition) is 2. The second kappa shape index (κ2) is 3.56. The molecule has 2 N–H and O–H groups in total. The molecular formula is C10H13ClO2. The first-order valence-electron chi connectivity index (χ1n) is 4.08. The highest BCUT2D eigenvalue weighted by Gasteiger charge is 2.15. The minimum Gasteiger partial charge on any atom is -0.508 e. The first-order chi connectivity index (χ1) is 5.88. The fourth-order valence-corrected chi connectivity index (χ4v) is 1.32. The van der Waals surface area contributed by atoms with Gasteiger partial charge >= 0.3 is 0 Å². The van der Waals surface area contributed by atoms with Crippen molar-refractivity contribution in [2.45, 2.75) is 25.9 Å². The number of aliphatic hydroxyl groups is 1. The lowest BCUT2D eigenvalue weighted by molar-refractivity contribution is 0.0803. The molecule has 0 radical (unpaired) electrons. The Morgan fingerprint density at radius 1 is 1.38 bits per heavy atom. The van der Waals surface area contributed by atoms with Crippen molar-refractivity contribution in [3.05, 3.63) is 28.8 Å². The lowest BCUT2D eigenvalue weighted by Gasteiger charge is -2.17. The maximum absolute atomic E-state index is 9.52. The molecule has 2 nitrogen and oxygen atoms in total. The molecule has 0 saturated carbocycles. The van der Waals surface area contributed by atoms with E-state index in [4.69, 9.17) is 11.6 Å². The van der Waals surface area contributed by atoms with E-state index in [1.165, 1.54) is 6.07 Å². The molecule has 0 heterocycles. The van der Waals surface area contributed by atoms with Gasteiger partial charge < -0.3 is 10.2 Å². The monoisotopic (exact) mass is 200 g/mol. The summed E-state index contributed by atoms with van der Waals surface area (Å²) in [6.45, 7) is 3.39. The maximum atomic E-state index is 9.52. The Morgan fingerprint density at radius 2 is 2.00 bits per heavy atom. The summed E-state index contributed by atoms with van der Waals surface area (Å²) in [5.74, 6) is 0.134. The Kier molecular flexibility index (Phi) is 2.84. The molecule has 0 fully saturated rings. The molecule has 0 unspecified atom stereocenters. The van der Waals surface area contributed by atoms with Crippen LogP contribution in [0.1, 0.15) is 19.4 Å². The summed E-state index contributed by atoms with van der Waals surface area (Å²) in [5, 5.41) is 19.5. The van der Waals surface area contributed by atoms with E-state index in [0.717, 1.165) is 0 Å². The minimum absolute atomic E-state index is 0.134. The van der Waals surface area contributed by atoms with Crippen molar-refractivity contribution in [1.82, 2.24) is 0 Å². The molecule has 0 spiro atoms. The van der Waals surface area contributed by atoms with Crippen molar-refractivity contribution in [3.63, 3.8) is 0 Å². The molecule has 0 aromatic heterocycles. The summed E-state index contributed by atoms with van der Waals surface area (Å²) in [6, 6.07) is 4.89. The van der Waals surface area contributed by atoms with E-state index in [1.54, 1.807) is 26.0 Å². The van der Waals surface area contributed by atoms with Crippen LogP contribution < -0.4 is 0 Å². The van der Waals surface area contributed by atoms with E-state index in [-0.39, 0.29) is 5.75 Å². The van der Waals surface area contributed by atoms with Crippen LogP contribution in [-0.4, -0.2) is 15.8 Å². The smallest absolute Gasteiger partial charge is 0.120 e. The zero-order chi connectivity index (χ0) is 10.1. The molecule has 0 bridgehead atoms. The summed E-state index contributed by atoms with van der Waals surface area (Å²) in [7, 11) is 0. The predicted octanol–water partition coefficient (Wildman–Crippen LogP) is 2.36. The minimum atomic E-state index is -0.814. The largest absolute Gasteiger partial charge is 0.508 e. The molecule has 0 aliphatic rings. The molecular weight excluding hydrogens is 188 g/mol. The van der Waals surface area contributed by atoms with Gasteiger partial charge in [0.15, 0.2) is 0 Å². The van der Waals surface area contributed by atoms with E-state index in [0.29, 0.717) is 17.0 Å². The lowest BCUT2D eigenvalue weighted by atomic mass is 9.98. The fourth-order valence-electron chi connectivity index (χ4n) is 1.15. The van der Waals surface area contributed by atoms with Gasteiger partial charge in [0.25, 0.3) is 0 Å². The zero-order valence-corrected chi connectivity index (χ0v) is 8.47. The quantitative estimate of drug-likeness (QED) is 0.770. The van der Waals surface area contributed by atoms with Crippen LogP contribution in [0.5, 0.6) is 5.75 Å². The van der Waals surface area contributed by atoms with Crippen LogP contribution in [0.2, 0.25) is 5.02 Å². The number of hydrogen-bond acceptors (Lipinski definition) is 2. The number of halogens is 1. The van der Waals surface area contributed by atoms with Gasteiger partial charge in [0, 0.05) is 11.4 Å². The summed E-state index contributed by atoms with van der Waals surface area (Å²) in [6.07, 6.45) is 0.413. The van der Waals surface area contributed by atoms with Crippen LogP contribution in [0.3, 0.4) is 0 Å². The molecule has 0 saturated heterocycles. The van der Waals surface area contributed by atoms with Crippen molar-refractivity contribution < 1.29 is 10.2 Å². The SMILES string of the molecule is CC(C)(O)Cc1ccc(Cl)cc1O. The Morgan fingerprint density at radius 3 is 2.46 bits per heavy atom. The van der Waals surface area contributed by atoms with Gasteiger partial charge in [0.1, 0.15) is 5.75 Å². The van der Waals surface area contributed by atoms with E-state index in [9.17, 15) is 10.2 Å². The number of aromatic hydroxyl groups is 1. The average molecular weight is 201 g/mol. The molecule has 13 heavy (non-hydrogen) atoms. The molecule has 0 aliphatic heterocycles. The highest BCUT2D eigenvalue weighted by Crippen LogP contribution is 2.25. The van der Waals surface area contributed by atoms with E-state index < -0.39 is 5.60 Å². The van der Waals surface area contributed by atoms with Gasteiger partial charge in [-0.25, -0.2) is 0 Å². The van der Waals surface area contributed by atoms with Crippen LogP contribution in [0.15, 0.2) is 18.2 Å². The van der Waals surface area contributed by atoms with Crippen molar-refractivity contribution >= 4 is 11.6 Å². The molecule has 72 valence electrons. The Balaban J connectivity index is 2.90. The first-order valence-corrected chi connectivity index (χ1v) is 4.46. The zero-order valence-electron chi connectivity index (χ0n) is 7.71. The standard InChI is InChI=1S/C10H13ClO2/c1-10(2,13)6-7-3-4-8(11)5-9(7)12/h3-5,12-13H,6H2,1-2H3. The van der Waals surface area contributed by atoms with Gasteiger partial charge in [-0.1, -0.05) is 17.7 Å². The van der Waals surface area contributed by atoms with Crippen LogP contribution in [0, 0.1) is 0 Å². The molecule has 1 aromatic carbocycles. The number of rotatable bonds is 2. The van der Waals surface area contributed by atoms with Crippen LogP contribution >= 0.6 is 11.6 Å². The van der Waals surface area contributed by atoms with Crippen molar-refractivity contribution in [3.8, 4) is 5.75 Å². The third-order valence-electron chi connectivity index (χ3n) is 1.67. The van der Waals surface area contributed by atoms with Crippen molar-refractivity contribution in [2.24, 2.45) is 0 Å². The maximum Gasteiger partial charge on any atom is 0.120 e. The lowest BCUT2D eigenvalue weighted by Crippen LogP contribution is -2.21. The Bertz CT molecular complexity index is 302. The summed E-state index contributed by atoms with van der Waals surface area (Å²) >= 11 is 5.67. The highest BCUT2D eigenvalue weighted by atomic mass is 35.5. The predicted molar refractivity (Wildman–Crippen MR) is 53.1 cm³/mol. The van der Waals surface area contributed by atoms with Gasteiger partial charge in [-0.3, -0.25) is 0 Å². The van der Waals surface area contributed by atoms with Gasteiger partial charge in [0.2, 0.25) is 0 Å². The molecule has 1 aromatic rings. The van der Waals surface area contributed by atoms with Crippen molar-refractivity contribution in [2.75, 3.05) is 0 Å². The fraction of sp³-hybridized carbons (Fsp3) is 0.400. The molecule has 0 amide bonds. The molecule has 0 aliphatic carbocycles. The Labute approximate surface area is 82.8 Å². The van der Waals surface area contributed by atoms with Crippen molar-refractivity contribution in [1.29, 1.82) is 0 Å². The van der Waals surface area contributed by atoms with Gasteiger partial charge in [-0.15, -0.1) is 0 Å². The number of phenolic OH excluding ortho intramolecular Hbond substituents is 1. The van der Waals surface area contributed by atoms with Gasteiger partial charge in [-0.2, -0.15) is 0 Å². The van der Waals surface area contributed by atoms with Gasteiger partial charge in [0.05, 0.1) is 5.60 Å². The van der Waals surface area contributed by atoms with Gasteiger partial charge in [-0.05, 0) is 31.5 Å². The summed E-state index contributed by atoms with van der Waals surface area (Å²) < 4.78 is 0. The molecule has 0 atom stereocenters. The average Bonchev–Trinajstić information content (AvgIpc) is 1.93. The topological polar surface area (TPSA) is 40.5 Å². The van der Waals surface area contributed by atoms with Crippen LogP contribution in [-0.2, 0) is 6.42 Å². The number of benzene rings is 1. The van der Waals surface area contributed by atoms with E-state index in [2.05, 4.69) is 0 Å². The third kappa shape index (κ3) is 3.25. The Hall–Kier alpha value is -0.730. The second-order valence-electron chi connectivity index (χ2n) is 3.76. The summed E-state index contributed by atoms with van der Waals surface area (Å²) in [5.41, 5.74) is -0.109. The van der Waals surface area contributed by atoms with E-state index in [1.807, 2.05) is 0 Å². The highest BCUT2D eigenvalue weighted by molar-refractivity contribution is 6.30. The number of phenols is 1. The normalized spacial score (nSPS) is 11.7. The molecule has 3 heteroatoms. The van der Waals surface area contributed by atoms with Crippen LogP contribution in [0.25, 0.3) is 0 Å². The van der Waals surface area contributed by atoms with Crippen LogP contribution in [0.4, 0.5) is 0 Å². The third-order valence-corrected chi connectivity index (χ3v) is 1.91. The first kappa shape index (κ1) is 10.4.